The Morgan fingerprint density at radius 3 is 2.67 bits per heavy atom. The van der Waals surface area contributed by atoms with Crippen molar-refractivity contribution in [1.29, 1.82) is 0 Å². The highest BCUT2D eigenvalue weighted by Crippen LogP contribution is 2.17. The largest absolute Gasteiger partial charge is 0.343 e. The highest BCUT2D eigenvalue weighted by molar-refractivity contribution is 5.76. The molecule has 0 spiro atoms. The molecule has 1 rings (SSSR count). The summed E-state index contributed by atoms with van der Waals surface area (Å²) in [5.74, 6) is 1.17. The van der Waals surface area contributed by atoms with Gasteiger partial charge in [-0.3, -0.25) is 4.79 Å². The van der Waals surface area contributed by atoms with E-state index in [-0.39, 0.29) is 0 Å². The zero-order valence-electron chi connectivity index (χ0n) is 10.2. The molecular formula is C13H24NO. The highest BCUT2D eigenvalue weighted by Gasteiger charge is 2.19. The van der Waals surface area contributed by atoms with Crippen molar-refractivity contribution in [1.82, 2.24) is 4.90 Å². The summed E-state index contributed by atoms with van der Waals surface area (Å²) in [7, 11) is 0. The Hall–Kier alpha value is -0.530. The third-order valence-corrected chi connectivity index (χ3v) is 3.22. The number of piperidine rings is 1. The van der Waals surface area contributed by atoms with Gasteiger partial charge in [-0.25, -0.2) is 0 Å². The number of amides is 1. The van der Waals surface area contributed by atoms with E-state index in [4.69, 9.17) is 0 Å². The second-order valence-corrected chi connectivity index (χ2v) is 4.65. The number of unbranched alkanes of at least 4 members (excludes halogenated alkanes) is 3. The molecule has 0 N–H and O–H groups in total. The Morgan fingerprint density at radius 2 is 2.07 bits per heavy atom. The molecule has 1 aliphatic rings. The standard InChI is InChI=1S/C13H24NO/c1-3-4-5-6-7-13(15)14-10-8-12(2)9-11-14/h4,12H,3,5-11H2,1-2H3. The molecule has 87 valence electrons. The molecule has 1 amide bonds. The molecule has 1 radical (unpaired) electrons. The van der Waals surface area contributed by atoms with Gasteiger partial charge in [-0.05, 0) is 38.0 Å². The summed E-state index contributed by atoms with van der Waals surface area (Å²) in [5, 5.41) is 0. The summed E-state index contributed by atoms with van der Waals surface area (Å²) in [4.78, 5) is 13.8. The van der Waals surface area contributed by atoms with E-state index >= 15 is 0 Å². The predicted molar refractivity (Wildman–Crippen MR) is 63.4 cm³/mol. The van der Waals surface area contributed by atoms with Gasteiger partial charge >= 0.3 is 0 Å². The van der Waals surface area contributed by atoms with Crippen LogP contribution in [0.2, 0.25) is 0 Å². The molecule has 1 fully saturated rings. The first-order chi connectivity index (χ1) is 7.24. The second-order valence-electron chi connectivity index (χ2n) is 4.65. The number of likely N-dealkylation sites (tertiary alicyclic amines) is 1. The molecule has 2 nitrogen and oxygen atoms in total. The SMILES string of the molecule is CC[CH]CCCC(=O)N1CCC(C)CC1. The van der Waals surface area contributed by atoms with Crippen LogP contribution in [0.5, 0.6) is 0 Å². The Labute approximate surface area is 94.0 Å². The van der Waals surface area contributed by atoms with Gasteiger partial charge in [-0.2, -0.15) is 0 Å². The molecule has 0 atom stereocenters. The number of carbonyl (C=O) groups is 1. The average molecular weight is 210 g/mol. The van der Waals surface area contributed by atoms with Gasteiger partial charge in [0.25, 0.3) is 0 Å². The molecule has 0 aliphatic carbocycles. The molecule has 0 aromatic carbocycles. The molecular weight excluding hydrogens is 186 g/mol. The van der Waals surface area contributed by atoms with Crippen molar-refractivity contribution in [3.05, 3.63) is 6.42 Å². The van der Waals surface area contributed by atoms with Crippen LogP contribution >= 0.6 is 0 Å². The van der Waals surface area contributed by atoms with Crippen LogP contribution in [0.15, 0.2) is 0 Å². The lowest BCUT2D eigenvalue weighted by Gasteiger charge is -2.30. The van der Waals surface area contributed by atoms with Crippen molar-refractivity contribution in [3.63, 3.8) is 0 Å². The van der Waals surface area contributed by atoms with Crippen molar-refractivity contribution in [3.8, 4) is 0 Å². The van der Waals surface area contributed by atoms with Gasteiger partial charge in [0.2, 0.25) is 5.91 Å². The predicted octanol–water partition coefficient (Wildman–Crippen LogP) is 3.03. The van der Waals surface area contributed by atoms with Crippen LogP contribution in [0.4, 0.5) is 0 Å². The Bertz CT molecular complexity index is 183. The second kappa shape index (κ2) is 6.86. The maximum atomic E-state index is 11.8. The summed E-state index contributed by atoms with van der Waals surface area (Å²) in [6.07, 6.45) is 8.61. The fourth-order valence-corrected chi connectivity index (χ4v) is 2.02. The van der Waals surface area contributed by atoms with E-state index in [1.54, 1.807) is 0 Å². The minimum atomic E-state index is 0.367. The lowest BCUT2D eigenvalue weighted by atomic mass is 9.99. The summed E-state index contributed by atoms with van der Waals surface area (Å²) >= 11 is 0. The number of carbonyl (C=O) groups excluding carboxylic acids is 1. The molecule has 1 heterocycles. The van der Waals surface area contributed by atoms with E-state index in [1.165, 1.54) is 12.8 Å². The quantitative estimate of drug-likeness (QED) is 0.639. The van der Waals surface area contributed by atoms with Crippen LogP contribution in [0.25, 0.3) is 0 Å². The van der Waals surface area contributed by atoms with Crippen LogP contribution in [-0.2, 0) is 4.79 Å². The highest BCUT2D eigenvalue weighted by atomic mass is 16.2. The molecule has 0 aromatic rings. The summed E-state index contributed by atoms with van der Waals surface area (Å²) in [5.41, 5.74) is 0. The normalized spacial score (nSPS) is 18.1. The van der Waals surface area contributed by atoms with Gasteiger partial charge < -0.3 is 4.90 Å². The zero-order chi connectivity index (χ0) is 11.1. The van der Waals surface area contributed by atoms with Crippen LogP contribution in [0.1, 0.15) is 52.4 Å². The molecule has 0 unspecified atom stereocenters. The Kier molecular flexibility index (Phi) is 5.74. The van der Waals surface area contributed by atoms with Crippen LogP contribution < -0.4 is 0 Å². The number of rotatable bonds is 5. The minimum Gasteiger partial charge on any atom is -0.343 e. The van der Waals surface area contributed by atoms with Crippen LogP contribution in [0.3, 0.4) is 0 Å². The zero-order valence-corrected chi connectivity index (χ0v) is 10.2. The minimum absolute atomic E-state index is 0.367. The molecule has 1 aliphatic heterocycles. The molecule has 15 heavy (non-hydrogen) atoms. The van der Waals surface area contributed by atoms with E-state index in [0.29, 0.717) is 5.91 Å². The lowest BCUT2D eigenvalue weighted by molar-refractivity contribution is -0.132. The van der Waals surface area contributed by atoms with Gasteiger partial charge in [-0.15, -0.1) is 0 Å². The van der Waals surface area contributed by atoms with Gasteiger partial charge in [0.15, 0.2) is 0 Å². The molecule has 1 saturated heterocycles. The molecule has 0 saturated carbocycles. The Morgan fingerprint density at radius 1 is 1.40 bits per heavy atom. The smallest absolute Gasteiger partial charge is 0.222 e. The molecule has 2 heteroatoms. The van der Waals surface area contributed by atoms with E-state index in [9.17, 15) is 4.79 Å². The van der Waals surface area contributed by atoms with Gasteiger partial charge in [0, 0.05) is 19.5 Å². The third kappa shape index (κ3) is 4.67. The fraction of sp³-hybridized carbons (Fsp3) is 0.846. The first kappa shape index (κ1) is 12.5. The van der Waals surface area contributed by atoms with Crippen LogP contribution in [-0.4, -0.2) is 23.9 Å². The van der Waals surface area contributed by atoms with E-state index in [2.05, 4.69) is 20.3 Å². The maximum absolute atomic E-state index is 11.8. The lowest BCUT2D eigenvalue weighted by Crippen LogP contribution is -2.37. The first-order valence-corrected chi connectivity index (χ1v) is 6.33. The van der Waals surface area contributed by atoms with E-state index < -0.39 is 0 Å². The molecule has 0 bridgehead atoms. The van der Waals surface area contributed by atoms with Gasteiger partial charge in [0.05, 0.1) is 0 Å². The Balaban J connectivity index is 2.11. The fourth-order valence-electron chi connectivity index (χ4n) is 2.02. The topological polar surface area (TPSA) is 20.3 Å². The summed E-state index contributed by atoms with van der Waals surface area (Å²) < 4.78 is 0. The van der Waals surface area contributed by atoms with Crippen molar-refractivity contribution >= 4 is 5.91 Å². The van der Waals surface area contributed by atoms with E-state index in [0.717, 1.165) is 44.7 Å². The van der Waals surface area contributed by atoms with E-state index in [1.807, 2.05) is 4.90 Å². The average Bonchev–Trinajstić information content (AvgIpc) is 2.25. The monoisotopic (exact) mass is 210 g/mol. The number of hydrogen-bond donors (Lipinski definition) is 0. The van der Waals surface area contributed by atoms with Gasteiger partial charge in [-0.1, -0.05) is 20.3 Å². The van der Waals surface area contributed by atoms with Crippen molar-refractivity contribution in [2.24, 2.45) is 5.92 Å². The number of nitrogens with zero attached hydrogens (tertiary/aromatic N) is 1. The number of hydrogen-bond acceptors (Lipinski definition) is 1. The van der Waals surface area contributed by atoms with Crippen molar-refractivity contribution < 1.29 is 4.79 Å². The van der Waals surface area contributed by atoms with Crippen molar-refractivity contribution in [2.45, 2.75) is 52.4 Å². The third-order valence-electron chi connectivity index (χ3n) is 3.22. The maximum Gasteiger partial charge on any atom is 0.222 e. The van der Waals surface area contributed by atoms with Crippen LogP contribution in [0, 0.1) is 12.3 Å². The van der Waals surface area contributed by atoms with Crippen molar-refractivity contribution in [2.75, 3.05) is 13.1 Å². The first-order valence-electron chi connectivity index (χ1n) is 6.33. The summed E-state index contributed by atoms with van der Waals surface area (Å²) in [6.45, 7) is 6.39. The van der Waals surface area contributed by atoms with Gasteiger partial charge in [0.1, 0.15) is 0 Å². The summed E-state index contributed by atoms with van der Waals surface area (Å²) in [6, 6.07) is 0. The molecule has 0 aromatic heterocycles.